The lowest BCUT2D eigenvalue weighted by Crippen LogP contribution is -2.37. The first kappa shape index (κ1) is 28.5. The SMILES string of the molecule is COCCCNc1ncc(OC(=O)N=c2nc3c(OC)c(OCCCN4CCOCC4)ccc3c3n2CCN3)cn1. The molecule has 14 heteroatoms. The summed E-state index contributed by atoms with van der Waals surface area (Å²) < 4.78 is 29.5. The Labute approximate surface area is 237 Å². The zero-order chi connectivity index (χ0) is 28.4. The lowest BCUT2D eigenvalue weighted by molar-refractivity contribution is 0.0357. The van der Waals surface area contributed by atoms with Crippen molar-refractivity contribution >= 4 is 28.8 Å². The fraction of sp³-hybridized carbons (Fsp3) is 0.519. The van der Waals surface area contributed by atoms with Gasteiger partial charge >= 0.3 is 6.09 Å². The Bertz CT molecular complexity index is 1390. The number of methoxy groups -OCH3 is 2. The summed E-state index contributed by atoms with van der Waals surface area (Å²) in [5, 5.41) is 7.28. The van der Waals surface area contributed by atoms with Crippen molar-refractivity contribution in [1.82, 2.24) is 24.4 Å². The van der Waals surface area contributed by atoms with Gasteiger partial charge in [0.1, 0.15) is 11.3 Å². The van der Waals surface area contributed by atoms with Gasteiger partial charge in [-0.25, -0.2) is 19.7 Å². The first-order valence-corrected chi connectivity index (χ1v) is 13.8. The van der Waals surface area contributed by atoms with Crippen LogP contribution in [0.15, 0.2) is 29.5 Å². The van der Waals surface area contributed by atoms with Crippen LogP contribution in [0.3, 0.4) is 0 Å². The Hall–Kier alpha value is -4.01. The summed E-state index contributed by atoms with van der Waals surface area (Å²) in [5.41, 5.74) is 0.736. The van der Waals surface area contributed by atoms with Crippen molar-refractivity contribution in [2.75, 3.05) is 84.0 Å². The highest BCUT2D eigenvalue weighted by Gasteiger charge is 2.21. The molecule has 0 unspecified atom stereocenters. The molecule has 1 aromatic carbocycles. The average molecular weight is 569 g/mol. The molecule has 4 heterocycles. The van der Waals surface area contributed by atoms with Crippen molar-refractivity contribution < 1.29 is 28.5 Å². The van der Waals surface area contributed by atoms with Gasteiger partial charge in [0.2, 0.25) is 11.6 Å². The van der Waals surface area contributed by atoms with Crippen molar-refractivity contribution in [3.05, 3.63) is 30.1 Å². The molecule has 1 fully saturated rings. The number of morpholine rings is 1. The van der Waals surface area contributed by atoms with Gasteiger partial charge in [0.25, 0.3) is 0 Å². The molecular weight excluding hydrogens is 532 g/mol. The number of carbonyl (C=O) groups excluding carboxylic acids is 1. The molecule has 0 spiro atoms. The predicted molar refractivity (Wildman–Crippen MR) is 151 cm³/mol. The second-order valence-corrected chi connectivity index (χ2v) is 9.48. The lowest BCUT2D eigenvalue weighted by atomic mass is 10.2. The highest BCUT2D eigenvalue weighted by molar-refractivity contribution is 5.95. The van der Waals surface area contributed by atoms with Crippen molar-refractivity contribution in [3.8, 4) is 17.2 Å². The maximum atomic E-state index is 12.8. The number of carbonyl (C=O) groups is 1. The van der Waals surface area contributed by atoms with Crippen molar-refractivity contribution in [2.45, 2.75) is 19.4 Å². The van der Waals surface area contributed by atoms with E-state index in [-0.39, 0.29) is 11.4 Å². The standard InChI is InChI=1S/C27H36N8O6/c1-37-13-3-7-29-25-30-17-19(18-31-25)41-27(36)33-26-32-22-20(24-28-8-10-35(24)26)5-6-21(23(22)38-2)40-14-4-9-34-11-15-39-16-12-34/h5-6,17-18,28H,3-4,7-16H2,1-2H3,(H,29,30,31). The normalized spacial score (nSPS) is 15.4. The van der Waals surface area contributed by atoms with E-state index in [1.54, 1.807) is 14.2 Å². The number of nitrogens with one attached hydrogen (secondary N) is 2. The molecule has 1 saturated heterocycles. The summed E-state index contributed by atoms with van der Waals surface area (Å²) in [6, 6.07) is 3.83. The second kappa shape index (κ2) is 14.1. The molecule has 3 aromatic rings. The van der Waals surface area contributed by atoms with E-state index in [1.165, 1.54) is 12.4 Å². The number of nitrogens with zero attached hydrogens (tertiary/aromatic N) is 6. The quantitative estimate of drug-likeness (QED) is 0.308. The third-order valence-electron chi connectivity index (χ3n) is 6.72. The molecule has 0 radical (unpaired) electrons. The fourth-order valence-corrected chi connectivity index (χ4v) is 4.72. The van der Waals surface area contributed by atoms with Gasteiger partial charge < -0.3 is 34.3 Å². The largest absolute Gasteiger partial charge is 0.491 e. The molecule has 220 valence electrons. The zero-order valence-electron chi connectivity index (χ0n) is 23.4. The highest BCUT2D eigenvalue weighted by Crippen LogP contribution is 2.37. The molecule has 2 aliphatic heterocycles. The molecule has 1 amide bonds. The Morgan fingerprint density at radius 2 is 1.95 bits per heavy atom. The van der Waals surface area contributed by atoms with Crippen LogP contribution in [-0.2, 0) is 16.0 Å². The number of benzene rings is 1. The number of ether oxygens (including phenoxy) is 5. The van der Waals surface area contributed by atoms with E-state index in [0.717, 1.165) is 56.9 Å². The number of aromatic nitrogens is 4. The van der Waals surface area contributed by atoms with E-state index in [9.17, 15) is 4.79 Å². The molecular formula is C27H36N8O6. The minimum atomic E-state index is -0.836. The molecule has 0 aliphatic carbocycles. The number of hydrogen-bond donors (Lipinski definition) is 2. The molecule has 14 nitrogen and oxygen atoms in total. The highest BCUT2D eigenvalue weighted by atomic mass is 16.6. The third kappa shape index (κ3) is 7.20. The number of anilines is 2. The topological polar surface area (TPSA) is 146 Å². The van der Waals surface area contributed by atoms with Gasteiger partial charge in [-0.05, 0) is 25.0 Å². The van der Waals surface area contributed by atoms with Crippen LogP contribution >= 0.6 is 0 Å². The van der Waals surface area contributed by atoms with Crippen LogP contribution < -0.4 is 30.5 Å². The molecule has 0 atom stereocenters. The van der Waals surface area contributed by atoms with E-state index in [1.807, 2.05) is 16.7 Å². The third-order valence-corrected chi connectivity index (χ3v) is 6.72. The minimum Gasteiger partial charge on any atom is -0.491 e. The molecule has 0 saturated carbocycles. The van der Waals surface area contributed by atoms with Crippen LogP contribution in [-0.4, -0.2) is 104 Å². The van der Waals surface area contributed by atoms with Crippen LogP contribution in [0.2, 0.25) is 0 Å². The molecule has 2 aliphatic rings. The Kier molecular flexibility index (Phi) is 9.78. The molecule has 41 heavy (non-hydrogen) atoms. The zero-order valence-corrected chi connectivity index (χ0v) is 23.4. The van der Waals surface area contributed by atoms with Crippen LogP contribution in [0.1, 0.15) is 12.8 Å². The maximum Gasteiger partial charge on any atom is 0.442 e. The Morgan fingerprint density at radius 3 is 2.73 bits per heavy atom. The number of hydrogen-bond acceptors (Lipinski definition) is 12. The Balaban J connectivity index is 1.31. The summed E-state index contributed by atoms with van der Waals surface area (Å²) >= 11 is 0. The van der Waals surface area contributed by atoms with E-state index in [4.69, 9.17) is 28.7 Å². The smallest absolute Gasteiger partial charge is 0.442 e. The van der Waals surface area contributed by atoms with Crippen LogP contribution in [0.25, 0.3) is 10.9 Å². The second-order valence-electron chi connectivity index (χ2n) is 9.48. The van der Waals surface area contributed by atoms with Crippen LogP contribution in [0.4, 0.5) is 16.6 Å². The predicted octanol–water partition coefficient (Wildman–Crippen LogP) is 1.91. The molecule has 2 aromatic heterocycles. The molecule has 5 rings (SSSR count). The van der Waals surface area contributed by atoms with E-state index in [2.05, 4.69) is 30.5 Å². The van der Waals surface area contributed by atoms with Gasteiger partial charge in [-0.3, -0.25) is 9.47 Å². The minimum absolute atomic E-state index is 0.173. The summed E-state index contributed by atoms with van der Waals surface area (Å²) in [5.74, 6) is 2.47. The van der Waals surface area contributed by atoms with Gasteiger partial charge in [0.15, 0.2) is 17.2 Å². The first-order chi connectivity index (χ1) is 20.2. The number of amides is 1. The first-order valence-electron chi connectivity index (χ1n) is 13.8. The average Bonchev–Trinajstić information content (AvgIpc) is 3.49. The lowest BCUT2D eigenvalue weighted by Gasteiger charge is -2.26. The summed E-state index contributed by atoms with van der Waals surface area (Å²) in [6.45, 7) is 7.48. The Morgan fingerprint density at radius 1 is 1.12 bits per heavy atom. The number of rotatable bonds is 12. The van der Waals surface area contributed by atoms with Gasteiger partial charge in [-0.2, -0.15) is 0 Å². The summed E-state index contributed by atoms with van der Waals surface area (Å²) in [7, 11) is 3.23. The van der Waals surface area contributed by atoms with E-state index < -0.39 is 6.09 Å². The van der Waals surface area contributed by atoms with Crippen molar-refractivity contribution in [2.24, 2.45) is 4.99 Å². The van der Waals surface area contributed by atoms with E-state index >= 15 is 0 Å². The van der Waals surface area contributed by atoms with Gasteiger partial charge in [0.05, 0.1) is 39.3 Å². The van der Waals surface area contributed by atoms with Crippen molar-refractivity contribution in [3.63, 3.8) is 0 Å². The van der Waals surface area contributed by atoms with Gasteiger partial charge in [0, 0.05) is 58.4 Å². The van der Waals surface area contributed by atoms with Gasteiger partial charge in [-0.1, -0.05) is 0 Å². The summed E-state index contributed by atoms with van der Waals surface area (Å²) in [4.78, 5) is 32.3. The van der Waals surface area contributed by atoms with Gasteiger partial charge in [-0.15, -0.1) is 4.99 Å². The van der Waals surface area contributed by atoms with Crippen LogP contribution in [0, 0.1) is 0 Å². The molecule has 2 N–H and O–H groups in total. The van der Waals surface area contributed by atoms with Crippen molar-refractivity contribution in [1.29, 1.82) is 0 Å². The van der Waals surface area contributed by atoms with Crippen LogP contribution in [0.5, 0.6) is 17.2 Å². The fourth-order valence-electron chi connectivity index (χ4n) is 4.72. The van der Waals surface area contributed by atoms with E-state index in [0.29, 0.717) is 55.8 Å². The monoisotopic (exact) mass is 568 g/mol. The number of fused-ring (bicyclic) bond motifs is 3. The maximum absolute atomic E-state index is 12.8. The molecule has 0 bridgehead atoms. The summed E-state index contributed by atoms with van der Waals surface area (Å²) in [6.07, 6.45) is 3.68.